The highest BCUT2D eigenvalue weighted by atomic mass is 16.5. The van der Waals surface area contributed by atoms with Gasteiger partial charge in [0.15, 0.2) is 0 Å². The SMILES string of the molecule is CCOCc1ccccc1CNC(=O)NCc1ccnc(N2CCOCC2)c1. The number of carbonyl (C=O) groups excluding carboxylic acids is 1. The number of nitrogens with zero attached hydrogens (tertiary/aromatic N) is 2. The van der Waals surface area contributed by atoms with E-state index < -0.39 is 0 Å². The van der Waals surface area contributed by atoms with Gasteiger partial charge in [-0.05, 0) is 35.7 Å². The fourth-order valence-corrected chi connectivity index (χ4v) is 3.04. The van der Waals surface area contributed by atoms with Gasteiger partial charge in [-0.1, -0.05) is 24.3 Å². The topological polar surface area (TPSA) is 75.7 Å². The van der Waals surface area contributed by atoms with Crippen molar-refractivity contribution < 1.29 is 14.3 Å². The predicted octanol–water partition coefficient (Wildman–Crippen LogP) is 2.45. The summed E-state index contributed by atoms with van der Waals surface area (Å²) < 4.78 is 10.9. The first-order chi connectivity index (χ1) is 13.8. The van der Waals surface area contributed by atoms with Gasteiger partial charge in [0.25, 0.3) is 0 Å². The van der Waals surface area contributed by atoms with Crippen LogP contribution in [0.4, 0.5) is 10.6 Å². The second-order valence-electron chi connectivity index (χ2n) is 6.56. The van der Waals surface area contributed by atoms with Crippen molar-refractivity contribution in [1.29, 1.82) is 0 Å². The molecule has 0 aliphatic carbocycles. The van der Waals surface area contributed by atoms with Crippen molar-refractivity contribution in [2.45, 2.75) is 26.6 Å². The van der Waals surface area contributed by atoms with Crippen LogP contribution in [0.1, 0.15) is 23.6 Å². The highest BCUT2D eigenvalue weighted by Crippen LogP contribution is 2.14. The van der Waals surface area contributed by atoms with E-state index in [4.69, 9.17) is 9.47 Å². The van der Waals surface area contributed by atoms with Crippen molar-refractivity contribution in [3.8, 4) is 0 Å². The molecular weight excluding hydrogens is 356 g/mol. The molecule has 1 saturated heterocycles. The smallest absolute Gasteiger partial charge is 0.315 e. The maximum atomic E-state index is 12.2. The Labute approximate surface area is 166 Å². The van der Waals surface area contributed by atoms with Gasteiger partial charge in [0.05, 0.1) is 19.8 Å². The van der Waals surface area contributed by atoms with Gasteiger partial charge >= 0.3 is 6.03 Å². The minimum Gasteiger partial charge on any atom is -0.378 e. The Bertz CT molecular complexity index is 763. The van der Waals surface area contributed by atoms with Gasteiger partial charge in [-0.3, -0.25) is 0 Å². The summed E-state index contributed by atoms with van der Waals surface area (Å²) in [6.07, 6.45) is 1.78. The molecule has 150 valence electrons. The molecule has 0 saturated carbocycles. The van der Waals surface area contributed by atoms with Crippen molar-refractivity contribution in [2.24, 2.45) is 0 Å². The van der Waals surface area contributed by atoms with Gasteiger partial charge < -0.3 is 25.0 Å². The van der Waals surface area contributed by atoms with Crippen LogP contribution in [-0.2, 0) is 29.2 Å². The number of ether oxygens (including phenoxy) is 2. The molecule has 2 N–H and O–H groups in total. The Hall–Kier alpha value is -2.64. The van der Waals surface area contributed by atoms with Gasteiger partial charge in [-0.25, -0.2) is 9.78 Å². The Balaban J connectivity index is 1.48. The number of benzene rings is 1. The summed E-state index contributed by atoms with van der Waals surface area (Å²) >= 11 is 0. The van der Waals surface area contributed by atoms with Crippen molar-refractivity contribution in [3.63, 3.8) is 0 Å². The van der Waals surface area contributed by atoms with Crippen LogP contribution in [0.25, 0.3) is 0 Å². The van der Waals surface area contributed by atoms with Gasteiger partial charge in [0.2, 0.25) is 0 Å². The van der Waals surface area contributed by atoms with E-state index >= 15 is 0 Å². The van der Waals surface area contributed by atoms with E-state index in [0.29, 0.717) is 26.3 Å². The number of hydrogen-bond acceptors (Lipinski definition) is 5. The zero-order valence-corrected chi connectivity index (χ0v) is 16.3. The second-order valence-corrected chi connectivity index (χ2v) is 6.56. The minimum atomic E-state index is -0.198. The second kappa shape index (κ2) is 10.6. The molecule has 1 aliphatic rings. The molecule has 3 rings (SSSR count). The minimum absolute atomic E-state index is 0.198. The number of carbonyl (C=O) groups is 1. The number of rotatable bonds is 8. The standard InChI is InChI=1S/C21H28N4O3/c1-2-27-16-19-6-4-3-5-18(19)15-24-21(26)23-14-17-7-8-22-20(13-17)25-9-11-28-12-10-25/h3-8,13H,2,9-12,14-16H2,1H3,(H2,23,24,26). The third-order valence-electron chi connectivity index (χ3n) is 4.62. The first kappa shape index (κ1) is 20.1. The summed E-state index contributed by atoms with van der Waals surface area (Å²) in [5, 5.41) is 5.83. The van der Waals surface area contributed by atoms with Crippen molar-refractivity contribution in [1.82, 2.24) is 15.6 Å². The maximum absolute atomic E-state index is 12.2. The number of urea groups is 1. The molecule has 1 aromatic carbocycles. The van der Waals surface area contributed by atoms with Crippen LogP contribution in [0.2, 0.25) is 0 Å². The van der Waals surface area contributed by atoms with Crippen LogP contribution >= 0.6 is 0 Å². The molecule has 0 bridgehead atoms. The molecule has 2 aromatic rings. The third-order valence-corrected chi connectivity index (χ3v) is 4.62. The Morgan fingerprint density at radius 1 is 1.14 bits per heavy atom. The van der Waals surface area contributed by atoms with E-state index in [1.165, 1.54) is 0 Å². The molecule has 7 heteroatoms. The number of anilines is 1. The van der Waals surface area contributed by atoms with Gasteiger partial charge in [-0.15, -0.1) is 0 Å². The molecule has 0 unspecified atom stereocenters. The number of morpholine rings is 1. The van der Waals surface area contributed by atoms with E-state index in [9.17, 15) is 4.79 Å². The number of aromatic nitrogens is 1. The Kier molecular flexibility index (Phi) is 7.63. The largest absolute Gasteiger partial charge is 0.378 e. The van der Waals surface area contributed by atoms with Crippen molar-refractivity contribution in [2.75, 3.05) is 37.8 Å². The summed E-state index contributed by atoms with van der Waals surface area (Å²) in [6, 6.07) is 11.7. The summed E-state index contributed by atoms with van der Waals surface area (Å²) in [5.74, 6) is 0.924. The zero-order chi connectivity index (χ0) is 19.6. The van der Waals surface area contributed by atoms with Crippen LogP contribution in [0.5, 0.6) is 0 Å². The average molecular weight is 384 g/mol. The molecule has 1 aliphatic heterocycles. The zero-order valence-electron chi connectivity index (χ0n) is 16.3. The van der Waals surface area contributed by atoms with Crippen molar-refractivity contribution in [3.05, 3.63) is 59.3 Å². The summed E-state index contributed by atoms with van der Waals surface area (Å²) in [4.78, 5) is 18.8. The molecular formula is C21H28N4O3. The molecule has 0 atom stereocenters. The van der Waals surface area contributed by atoms with Crippen LogP contribution < -0.4 is 15.5 Å². The maximum Gasteiger partial charge on any atom is 0.315 e. The number of nitrogens with one attached hydrogen (secondary N) is 2. The molecule has 1 fully saturated rings. The summed E-state index contributed by atoms with van der Waals surface area (Å²) in [6.45, 7) is 7.22. The van der Waals surface area contributed by atoms with E-state index in [1.54, 1.807) is 6.20 Å². The highest BCUT2D eigenvalue weighted by Gasteiger charge is 2.12. The monoisotopic (exact) mass is 384 g/mol. The lowest BCUT2D eigenvalue weighted by Gasteiger charge is -2.28. The molecule has 0 radical (unpaired) electrons. The van der Waals surface area contributed by atoms with E-state index in [2.05, 4.69) is 20.5 Å². The van der Waals surface area contributed by atoms with Gasteiger partial charge in [-0.2, -0.15) is 0 Å². The fourth-order valence-electron chi connectivity index (χ4n) is 3.04. The summed E-state index contributed by atoms with van der Waals surface area (Å²) in [7, 11) is 0. The average Bonchev–Trinajstić information content (AvgIpc) is 2.76. The van der Waals surface area contributed by atoms with E-state index in [1.807, 2.05) is 43.3 Å². The van der Waals surface area contributed by atoms with Crippen LogP contribution in [0.15, 0.2) is 42.6 Å². The molecule has 7 nitrogen and oxygen atoms in total. The molecule has 28 heavy (non-hydrogen) atoms. The lowest BCUT2D eigenvalue weighted by Crippen LogP contribution is -2.37. The fraction of sp³-hybridized carbons (Fsp3) is 0.429. The van der Waals surface area contributed by atoms with Crippen LogP contribution in [0.3, 0.4) is 0 Å². The first-order valence-electron chi connectivity index (χ1n) is 9.70. The number of amides is 2. The predicted molar refractivity (Wildman–Crippen MR) is 108 cm³/mol. The van der Waals surface area contributed by atoms with Crippen LogP contribution in [0, 0.1) is 0 Å². The Morgan fingerprint density at radius 2 is 1.89 bits per heavy atom. The third kappa shape index (κ3) is 5.94. The quantitative estimate of drug-likeness (QED) is 0.731. The van der Waals surface area contributed by atoms with E-state index in [0.717, 1.165) is 48.8 Å². The van der Waals surface area contributed by atoms with Gasteiger partial charge in [0, 0.05) is 39.0 Å². The van der Waals surface area contributed by atoms with Gasteiger partial charge in [0.1, 0.15) is 5.82 Å². The van der Waals surface area contributed by atoms with Crippen molar-refractivity contribution >= 4 is 11.8 Å². The lowest BCUT2D eigenvalue weighted by molar-refractivity contribution is 0.122. The first-order valence-corrected chi connectivity index (χ1v) is 9.70. The van der Waals surface area contributed by atoms with E-state index in [-0.39, 0.29) is 6.03 Å². The number of hydrogen-bond donors (Lipinski definition) is 2. The van der Waals surface area contributed by atoms with Crippen LogP contribution in [-0.4, -0.2) is 43.9 Å². The lowest BCUT2D eigenvalue weighted by atomic mass is 10.1. The number of pyridine rings is 1. The Morgan fingerprint density at radius 3 is 2.68 bits per heavy atom. The molecule has 0 spiro atoms. The highest BCUT2D eigenvalue weighted by molar-refractivity contribution is 5.73. The molecule has 2 heterocycles. The molecule has 2 amide bonds. The molecule has 1 aromatic heterocycles. The summed E-state index contributed by atoms with van der Waals surface area (Å²) in [5.41, 5.74) is 3.17. The normalized spacial score (nSPS) is 14.0.